The van der Waals surface area contributed by atoms with Crippen LogP contribution in [-0.4, -0.2) is 24.5 Å². The van der Waals surface area contributed by atoms with Crippen molar-refractivity contribution in [3.05, 3.63) is 23.8 Å². The summed E-state index contributed by atoms with van der Waals surface area (Å²) in [6.07, 6.45) is 2.99. The minimum Gasteiger partial charge on any atom is -0.324 e. The van der Waals surface area contributed by atoms with Crippen LogP contribution in [0.25, 0.3) is 0 Å². The fourth-order valence-corrected chi connectivity index (χ4v) is 2.59. The quantitative estimate of drug-likeness (QED) is 0.794. The van der Waals surface area contributed by atoms with Crippen LogP contribution in [0.5, 0.6) is 0 Å². The average molecular weight is 266 g/mol. The second kappa shape index (κ2) is 6.01. The second-order valence-corrected chi connectivity index (χ2v) is 4.97. The summed E-state index contributed by atoms with van der Waals surface area (Å²) in [6.45, 7) is 3.47. The molecule has 98 valence electrons. The van der Waals surface area contributed by atoms with E-state index in [0.717, 1.165) is 35.4 Å². The van der Waals surface area contributed by atoms with Gasteiger partial charge in [-0.25, -0.2) is 0 Å². The van der Waals surface area contributed by atoms with Crippen molar-refractivity contribution in [3.63, 3.8) is 0 Å². The number of hydrogen-bond donors (Lipinski definition) is 1. The zero-order valence-corrected chi connectivity index (χ0v) is 11.5. The molecule has 0 atom stereocenters. The van der Waals surface area contributed by atoms with Gasteiger partial charge in [-0.2, -0.15) is 5.10 Å². The van der Waals surface area contributed by atoms with Gasteiger partial charge in [-0.05, 0) is 12.5 Å². The lowest BCUT2D eigenvalue weighted by molar-refractivity contribution is 0.592. The fourth-order valence-electron chi connectivity index (χ4n) is 1.70. The number of aromatic nitrogens is 5. The number of hydrogen-bond acceptors (Lipinski definition) is 5. The summed E-state index contributed by atoms with van der Waals surface area (Å²) in [4.78, 5) is 0. The third-order valence-electron chi connectivity index (χ3n) is 2.54. The van der Waals surface area contributed by atoms with Gasteiger partial charge >= 0.3 is 0 Å². The van der Waals surface area contributed by atoms with E-state index in [9.17, 15) is 0 Å². The first-order chi connectivity index (χ1) is 8.74. The standard InChI is InChI=1S/C11H18N6S/c1-3-5-17-10(7-12)13-14-11(17)18-8-9-4-6-16(2)15-9/h4,6H,3,5,7-8,12H2,1-2H3. The SMILES string of the molecule is CCCn1c(CN)nnc1SCc1ccn(C)n1. The molecular weight excluding hydrogens is 248 g/mol. The largest absolute Gasteiger partial charge is 0.324 e. The first kappa shape index (κ1) is 13.1. The van der Waals surface area contributed by atoms with Gasteiger partial charge in [0.2, 0.25) is 0 Å². The molecule has 6 nitrogen and oxygen atoms in total. The number of aryl methyl sites for hydroxylation is 1. The minimum absolute atomic E-state index is 0.428. The van der Waals surface area contributed by atoms with E-state index in [1.165, 1.54) is 0 Å². The molecule has 0 aromatic carbocycles. The highest BCUT2D eigenvalue weighted by Gasteiger charge is 2.11. The van der Waals surface area contributed by atoms with Crippen LogP contribution in [0.1, 0.15) is 24.9 Å². The molecule has 0 spiro atoms. The Morgan fingerprint density at radius 3 is 2.83 bits per heavy atom. The Bertz CT molecular complexity index is 503. The predicted molar refractivity (Wildman–Crippen MR) is 71.0 cm³/mol. The number of thioether (sulfide) groups is 1. The maximum Gasteiger partial charge on any atom is 0.191 e. The molecule has 0 radical (unpaired) electrons. The van der Waals surface area contributed by atoms with Gasteiger partial charge in [-0.3, -0.25) is 4.68 Å². The lowest BCUT2D eigenvalue weighted by Gasteiger charge is -2.06. The first-order valence-corrected chi connectivity index (χ1v) is 6.96. The smallest absolute Gasteiger partial charge is 0.191 e. The molecule has 2 rings (SSSR count). The van der Waals surface area contributed by atoms with Crippen molar-refractivity contribution in [2.24, 2.45) is 12.8 Å². The Kier molecular flexibility index (Phi) is 4.38. The van der Waals surface area contributed by atoms with Crippen LogP contribution in [-0.2, 0) is 25.9 Å². The van der Waals surface area contributed by atoms with Gasteiger partial charge in [0.25, 0.3) is 0 Å². The highest BCUT2D eigenvalue weighted by molar-refractivity contribution is 7.98. The number of nitrogens with zero attached hydrogens (tertiary/aromatic N) is 5. The molecule has 0 saturated carbocycles. The van der Waals surface area contributed by atoms with Crippen molar-refractivity contribution >= 4 is 11.8 Å². The van der Waals surface area contributed by atoms with Crippen molar-refractivity contribution in [2.75, 3.05) is 0 Å². The average Bonchev–Trinajstić information content (AvgIpc) is 2.94. The van der Waals surface area contributed by atoms with Crippen molar-refractivity contribution in [1.82, 2.24) is 24.5 Å². The lowest BCUT2D eigenvalue weighted by Crippen LogP contribution is -2.09. The van der Waals surface area contributed by atoms with E-state index in [0.29, 0.717) is 6.54 Å². The van der Waals surface area contributed by atoms with E-state index in [1.807, 2.05) is 19.3 Å². The highest BCUT2D eigenvalue weighted by atomic mass is 32.2. The van der Waals surface area contributed by atoms with E-state index in [-0.39, 0.29) is 0 Å². The molecular formula is C11H18N6S. The van der Waals surface area contributed by atoms with Gasteiger partial charge in [-0.15, -0.1) is 10.2 Å². The van der Waals surface area contributed by atoms with Crippen molar-refractivity contribution < 1.29 is 0 Å². The van der Waals surface area contributed by atoms with Crippen LogP contribution in [0.3, 0.4) is 0 Å². The summed E-state index contributed by atoms with van der Waals surface area (Å²) in [5.74, 6) is 1.65. The molecule has 0 fully saturated rings. The van der Waals surface area contributed by atoms with Crippen molar-refractivity contribution in [2.45, 2.75) is 37.3 Å². The molecule has 0 saturated heterocycles. The molecule has 2 aromatic heterocycles. The maximum atomic E-state index is 5.66. The van der Waals surface area contributed by atoms with Gasteiger partial charge in [0.1, 0.15) is 5.82 Å². The monoisotopic (exact) mass is 266 g/mol. The Hall–Kier alpha value is -1.34. The summed E-state index contributed by atoms with van der Waals surface area (Å²) >= 11 is 1.65. The second-order valence-electron chi connectivity index (χ2n) is 4.02. The molecule has 0 amide bonds. The van der Waals surface area contributed by atoms with E-state index >= 15 is 0 Å². The normalized spacial score (nSPS) is 11.1. The van der Waals surface area contributed by atoms with Crippen LogP contribution >= 0.6 is 11.8 Å². The third-order valence-corrected chi connectivity index (χ3v) is 3.54. The van der Waals surface area contributed by atoms with Gasteiger partial charge in [-0.1, -0.05) is 18.7 Å². The van der Waals surface area contributed by atoms with Crippen LogP contribution in [0.4, 0.5) is 0 Å². The highest BCUT2D eigenvalue weighted by Crippen LogP contribution is 2.21. The summed E-state index contributed by atoms with van der Waals surface area (Å²) in [6, 6.07) is 2.01. The number of rotatable bonds is 6. The summed E-state index contributed by atoms with van der Waals surface area (Å²) in [7, 11) is 1.92. The molecule has 0 bridgehead atoms. The lowest BCUT2D eigenvalue weighted by atomic mass is 10.4. The van der Waals surface area contributed by atoms with Crippen molar-refractivity contribution in [1.29, 1.82) is 0 Å². The molecule has 0 aliphatic heterocycles. The molecule has 7 heteroatoms. The van der Waals surface area contributed by atoms with Gasteiger partial charge in [0.05, 0.1) is 12.2 Å². The first-order valence-electron chi connectivity index (χ1n) is 5.98. The maximum absolute atomic E-state index is 5.66. The zero-order valence-electron chi connectivity index (χ0n) is 10.7. The fraction of sp³-hybridized carbons (Fsp3) is 0.545. The predicted octanol–water partition coefficient (Wildman–Crippen LogP) is 1.17. The van der Waals surface area contributed by atoms with Crippen LogP contribution in [0.15, 0.2) is 17.4 Å². The molecule has 0 unspecified atom stereocenters. The molecule has 2 N–H and O–H groups in total. The van der Waals surface area contributed by atoms with Crippen molar-refractivity contribution in [3.8, 4) is 0 Å². The summed E-state index contributed by atoms with van der Waals surface area (Å²) < 4.78 is 3.89. The molecule has 0 aliphatic rings. The van der Waals surface area contributed by atoms with Crippen LogP contribution in [0, 0.1) is 0 Å². The van der Waals surface area contributed by atoms with E-state index in [4.69, 9.17) is 5.73 Å². The van der Waals surface area contributed by atoms with Gasteiger partial charge in [0, 0.05) is 25.5 Å². The molecule has 2 heterocycles. The zero-order chi connectivity index (χ0) is 13.0. The van der Waals surface area contributed by atoms with E-state index < -0.39 is 0 Å². The number of nitrogens with two attached hydrogens (primary N) is 1. The third kappa shape index (κ3) is 2.91. The van der Waals surface area contributed by atoms with Gasteiger partial charge < -0.3 is 10.3 Å². The topological polar surface area (TPSA) is 74.6 Å². The minimum atomic E-state index is 0.428. The molecule has 0 aliphatic carbocycles. The summed E-state index contributed by atoms with van der Waals surface area (Å²) in [5, 5.41) is 13.6. The Morgan fingerprint density at radius 1 is 1.39 bits per heavy atom. The Balaban J connectivity index is 2.06. The van der Waals surface area contributed by atoms with E-state index in [1.54, 1.807) is 16.4 Å². The molecule has 18 heavy (non-hydrogen) atoms. The van der Waals surface area contributed by atoms with Crippen LogP contribution < -0.4 is 5.73 Å². The van der Waals surface area contributed by atoms with Crippen LogP contribution in [0.2, 0.25) is 0 Å². The Labute approximate surface area is 111 Å². The summed E-state index contributed by atoms with van der Waals surface area (Å²) in [5.41, 5.74) is 6.70. The Morgan fingerprint density at radius 2 is 2.22 bits per heavy atom. The molecule has 2 aromatic rings. The van der Waals surface area contributed by atoms with E-state index in [2.05, 4.69) is 26.8 Å². The van der Waals surface area contributed by atoms with Gasteiger partial charge in [0.15, 0.2) is 5.16 Å².